The summed E-state index contributed by atoms with van der Waals surface area (Å²) >= 11 is 1.07. The number of para-hydroxylation sites is 1. The van der Waals surface area contributed by atoms with Gasteiger partial charge in [-0.05, 0) is 37.3 Å². The van der Waals surface area contributed by atoms with Crippen molar-refractivity contribution >= 4 is 22.4 Å². The third-order valence-electron chi connectivity index (χ3n) is 4.26. The largest absolute Gasteiger partial charge is 0.298 e. The van der Waals surface area contributed by atoms with Crippen LogP contribution in [0.5, 0.6) is 0 Å². The minimum absolute atomic E-state index is 0.00491. The molecule has 0 saturated carbocycles. The van der Waals surface area contributed by atoms with Crippen molar-refractivity contribution in [1.29, 1.82) is 0 Å². The minimum Gasteiger partial charge on any atom is -0.298 e. The van der Waals surface area contributed by atoms with E-state index in [4.69, 9.17) is 0 Å². The van der Waals surface area contributed by atoms with E-state index in [0.717, 1.165) is 29.5 Å². The number of nitrogens with one attached hydrogen (secondary N) is 1. The molecule has 1 N–H and O–H groups in total. The van der Waals surface area contributed by atoms with E-state index in [1.807, 2.05) is 0 Å². The van der Waals surface area contributed by atoms with E-state index in [0.29, 0.717) is 5.69 Å². The molecule has 0 spiro atoms. The van der Waals surface area contributed by atoms with Crippen LogP contribution in [0.3, 0.4) is 0 Å². The van der Waals surface area contributed by atoms with Crippen molar-refractivity contribution in [1.82, 2.24) is 14.8 Å². The molecule has 5 nitrogen and oxygen atoms in total. The first-order valence-electron chi connectivity index (χ1n) is 8.46. The van der Waals surface area contributed by atoms with Gasteiger partial charge < -0.3 is 0 Å². The Labute approximate surface area is 167 Å². The fourth-order valence-corrected chi connectivity index (χ4v) is 3.52. The van der Waals surface area contributed by atoms with Gasteiger partial charge in [-0.1, -0.05) is 12.1 Å². The molecule has 0 fully saturated rings. The van der Waals surface area contributed by atoms with E-state index in [-0.39, 0.29) is 27.6 Å². The average molecular weight is 414 g/mol. The van der Waals surface area contributed by atoms with E-state index in [1.165, 1.54) is 22.3 Å². The Balaban J connectivity index is 1.58. The molecule has 4 rings (SSSR count). The number of carbonyl (C=O) groups is 1. The second-order valence-electron chi connectivity index (χ2n) is 6.12. The molecule has 0 aliphatic rings. The predicted octanol–water partition coefficient (Wildman–Crippen LogP) is 4.97. The zero-order valence-corrected chi connectivity index (χ0v) is 15.8. The van der Waals surface area contributed by atoms with Crippen molar-refractivity contribution in [2.45, 2.75) is 6.92 Å². The maximum absolute atomic E-state index is 14.0. The van der Waals surface area contributed by atoms with Gasteiger partial charge in [0.15, 0.2) is 5.13 Å². The van der Waals surface area contributed by atoms with Crippen LogP contribution in [0.4, 0.5) is 18.3 Å². The van der Waals surface area contributed by atoms with Crippen LogP contribution in [-0.4, -0.2) is 20.7 Å². The van der Waals surface area contributed by atoms with Gasteiger partial charge in [0, 0.05) is 10.9 Å². The summed E-state index contributed by atoms with van der Waals surface area (Å²) in [5.74, 6) is -2.16. The topological polar surface area (TPSA) is 59.8 Å². The number of amides is 1. The number of benzene rings is 2. The number of hydrogen-bond acceptors (Lipinski definition) is 4. The van der Waals surface area contributed by atoms with E-state index >= 15 is 0 Å². The molecule has 2 aromatic heterocycles. The van der Waals surface area contributed by atoms with Crippen LogP contribution in [0.1, 0.15) is 16.1 Å². The number of carbonyl (C=O) groups excluding carboxylic acids is 1. The SMILES string of the molecule is Cc1c(C(=O)Nc2nc(-c3cc(F)ccc3F)cs2)cnn1-c1ccccc1F. The normalized spacial score (nSPS) is 10.9. The lowest BCUT2D eigenvalue weighted by Gasteiger charge is -2.06. The summed E-state index contributed by atoms with van der Waals surface area (Å²) in [5.41, 5.74) is 1.12. The average Bonchev–Trinajstić information content (AvgIpc) is 3.31. The second kappa shape index (κ2) is 7.51. The van der Waals surface area contributed by atoms with Gasteiger partial charge in [-0.15, -0.1) is 11.3 Å². The molecule has 0 atom stereocenters. The van der Waals surface area contributed by atoms with Crippen LogP contribution < -0.4 is 5.32 Å². The Hall–Kier alpha value is -3.46. The molecular formula is C20H13F3N4OS. The fraction of sp³-hybridized carbons (Fsp3) is 0.0500. The zero-order valence-electron chi connectivity index (χ0n) is 15.0. The van der Waals surface area contributed by atoms with Gasteiger partial charge in [0.1, 0.15) is 23.1 Å². The minimum atomic E-state index is -0.614. The Morgan fingerprint density at radius 2 is 1.90 bits per heavy atom. The van der Waals surface area contributed by atoms with Crippen LogP contribution in [0.25, 0.3) is 16.9 Å². The summed E-state index contributed by atoms with van der Waals surface area (Å²) in [6.45, 7) is 1.64. The first-order chi connectivity index (χ1) is 13.9. The van der Waals surface area contributed by atoms with Gasteiger partial charge in [-0.25, -0.2) is 22.8 Å². The van der Waals surface area contributed by atoms with Crippen molar-refractivity contribution in [2.24, 2.45) is 0 Å². The van der Waals surface area contributed by atoms with Crippen molar-refractivity contribution in [3.63, 3.8) is 0 Å². The Morgan fingerprint density at radius 1 is 1.10 bits per heavy atom. The molecular weight excluding hydrogens is 401 g/mol. The molecule has 4 aromatic rings. The first kappa shape index (κ1) is 18.9. The summed E-state index contributed by atoms with van der Waals surface area (Å²) in [5, 5.41) is 8.43. The molecule has 1 amide bonds. The fourth-order valence-electron chi connectivity index (χ4n) is 2.81. The zero-order chi connectivity index (χ0) is 20.5. The van der Waals surface area contributed by atoms with Gasteiger partial charge in [0.2, 0.25) is 0 Å². The third kappa shape index (κ3) is 3.64. The monoisotopic (exact) mass is 414 g/mol. The number of anilines is 1. The molecule has 0 saturated heterocycles. The maximum atomic E-state index is 14.0. The molecule has 9 heteroatoms. The Bertz CT molecular complexity index is 1220. The van der Waals surface area contributed by atoms with E-state index in [2.05, 4.69) is 15.4 Å². The second-order valence-corrected chi connectivity index (χ2v) is 6.98. The Morgan fingerprint density at radius 3 is 2.69 bits per heavy atom. The highest BCUT2D eigenvalue weighted by Crippen LogP contribution is 2.28. The highest BCUT2D eigenvalue weighted by atomic mass is 32.1. The first-order valence-corrected chi connectivity index (χ1v) is 9.34. The van der Waals surface area contributed by atoms with Gasteiger partial charge in [0.25, 0.3) is 5.91 Å². The van der Waals surface area contributed by atoms with Crippen molar-refractivity contribution in [3.8, 4) is 16.9 Å². The molecule has 0 aliphatic heterocycles. The quantitative estimate of drug-likeness (QED) is 0.513. The van der Waals surface area contributed by atoms with Crippen molar-refractivity contribution < 1.29 is 18.0 Å². The molecule has 0 aliphatic carbocycles. The molecule has 2 aromatic carbocycles. The number of aromatic nitrogens is 3. The molecule has 29 heavy (non-hydrogen) atoms. The lowest BCUT2D eigenvalue weighted by Crippen LogP contribution is -2.13. The number of hydrogen-bond donors (Lipinski definition) is 1. The highest BCUT2D eigenvalue weighted by Gasteiger charge is 2.18. The lowest BCUT2D eigenvalue weighted by atomic mass is 10.1. The highest BCUT2D eigenvalue weighted by molar-refractivity contribution is 7.14. The summed E-state index contributed by atoms with van der Waals surface area (Å²) in [6, 6.07) is 9.16. The Kier molecular flexibility index (Phi) is 4.89. The number of rotatable bonds is 4. The van der Waals surface area contributed by atoms with Crippen molar-refractivity contribution in [2.75, 3.05) is 5.32 Å². The lowest BCUT2D eigenvalue weighted by molar-refractivity contribution is 0.102. The van der Waals surface area contributed by atoms with Crippen LogP contribution in [0, 0.1) is 24.4 Å². The van der Waals surface area contributed by atoms with Crippen LogP contribution >= 0.6 is 11.3 Å². The molecule has 0 unspecified atom stereocenters. The van der Waals surface area contributed by atoms with Crippen LogP contribution in [-0.2, 0) is 0 Å². The summed E-state index contributed by atoms with van der Waals surface area (Å²) < 4.78 is 42.6. The maximum Gasteiger partial charge on any atom is 0.260 e. The van der Waals surface area contributed by atoms with Crippen molar-refractivity contribution in [3.05, 3.63) is 82.8 Å². The number of halogens is 3. The summed E-state index contributed by atoms with van der Waals surface area (Å²) in [6.07, 6.45) is 1.33. The van der Waals surface area contributed by atoms with E-state index < -0.39 is 23.4 Å². The van der Waals surface area contributed by atoms with Crippen LogP contribution in [0.15, 0.2) is 54.0 Å². The van der Waals surface area contributed by atoms with Crippen LogP contribution in [0.2, 0.25) is 0 Å². The summed E-state index contributed by atoms with van der Waals surface area (Å²) in [7, 11) is 0. The smallest absolute Gasteiger partial charge is 0.260 e. The summed E-state index contributed by atoms with van der Waals surface area (Å²) in [4.78, 5) is 16.8. The third-order valence-corrected chi connectivity index (χ3v) is 5.02. The van der Waals surface area contributed by atoms with Gasteiger partial charge >= 0.3 is 0 Å². The van der Waals surface area contributed by atoms with Gasteiger partial charge in [0.05, 0.1) is 23.1 Å². The number of thiazole rings is 1. The molecule has 2 heterocycles. The van der Waals surface area contributed by atoms with Gasteiger partial charge in [-0.3, -0.25) is 10.1 Å². The molecule has 0 radical (unpaired) electrons. The molecule has 146 valence electrons. The number of nitrogens with zero attached hydrogens (tertiary/aromatic N) is 3. The van der Waals surface area contributed by atoms with Gasteiger partial charge in [-0.2, -0.15) is 5.10 Å². The molecule has 0 bridgehead atoms. The predicted molar refractivity (Wildman–Crippen MR) is 104 cm³/mol. The van der Waals surface area contributed by atoms with E-state index in [1.54, 1.807) is 25.1 Å². The van der Waals surface area contributed by atoms with E-state index in [9.17, 15) is 18.0 Å². The standard InChI is InChI=1S/C20H13F3N4OS/c1-11-14(9-24-27(11)18-5-3-2-4-16(18)23)19(28)26-20-25-17(10-29-20)13-8-12(21)6-7-15(13)22/h2-10H,1H3,(H,25,26,28).